The van der Waals surface area contributed by atoms with Crippen LogP contribution in [0.5, 0.6) is 0 Å². The lowest BCUT2D eigenvalue weighted by molar-refractivity contribution is -0.131. The largest absolute Gasteiger partial charge is 0.394 e. The lowest BCUT2D eigenvalue weighted by Gasteiger charge is -2.21. The predicted octanol–water partition coefficient (Wildman–Crippen LogP) is 7.92. The number of aliphatic hydroxyl groups excluding tert-OH is 3. The van der Waals surface area contributed by atoms with Gasteiger partial charge in [-0.05, 0) is 32.1 Å². The summed E-state index contributed by atoms with van der Waals surface area (Å²) in [6, 6.07) is -0.807. The number of carbonyl (C=O) groups excluding carboxylic acids is 1. The molecule has 0 aliphatic rings. The van der Waals surface area contributed by atoms with Crippen molar-refractivity contribution in [3.05, 3.63) is 24.3 Å². The number of unbranched alkanes of at least 4 members (excludes halogenated alkanes) is 18. The summed E-state index contributed by atoms with van der Waals surface area (Å²) in [5.41, 5.74) is 0. The Morgan fingerprint density at radius 1 is 0.632 bits per heavy atom. The zero-order valence-corrected chi connectivity index (χ0v) is 25.1. The molecule has 0 aromatic heterocycles. The first-order valence-electron chi connectivity index (χ1n) is 16.2. The molecule has 4 N–H and O–H groups in total. The highest BCUT2D eigenvalue weighted by atomic mass is 16.3. The maximum atomic E-state index is 12.3. The number of allylic oxidation sites excluding steroid dienone is 3. The Kier molecular flexibility index (Phi) is 27.9. The first-order valence-corrected chi connectivity index (χ1v) is 16.2. The fourth-order valence-electron chi connectivity index (χ4n) is 4.67. The van der Waals surface area contributed by atoms with E-state index in [1.54, 1.807) is 6.08 Å². The molecule has 5 heteroatoms. The molecule has 0 aliphatic heterocycles. The van der Waals surface area contributed by atoms with Crippen molar-refractivity contribution in [2.75, 3.05) is 6.61 Å². The van der Waals surface area contributed by atoms with Crippen LogP contribution < -0.4 is 5.32 Å². The fraction of sp³-hybridized carbons (Fsp3) is 0.848. The number of nitrogens with one attached hydrogen (secondary N) is 1. The van der Waals surface area contributed by atoms with Crippen LogP contribution in [0, 0.1) is 0 Å². The topological polar surface area (TPSA) is 89.8 Å². The monoisotopic (exact) mass is 537 g/mol. The molecular formula is C33H63NO4. The third kappa shape index (κ3) is 23.9. The summed E-state index contributed by atoms with van der Waals surface area (Å²) >= 11 is 0. The van der Waals surface area contributed by atoms with Gasteiger partial charge in [0, 0.05) is 0 Å². The highest BCUT2D eigenvalue weighted by Gasteiger charge is 2.22. The summed E-state index contributed by atoms with van der Waals surface area (Å²) in [5, 5.41) is 32.7. The molecule has 0 saturated carbocycles. The summed E-state index contributed by atoms with van der Waals surface area (Å²) in [6.07, 6.45) is 31.9. The SMILES string of the molecule is CCCCCCCCC/C=C/CC/C=C/[C@@H](O)[C@H](CO)NC(=O)[C@@H](O)CCCCCCCCCCCCC. The molecule has 0 aromatic rings. The Balaban J connectivity index is 3.87. The quantitative estimate of drug-likeness (QED) is 0.0603. The minimum Gasteiger partial charge on any atom is -0.394 e. The average molecular weight is 538 g/mol. The molecule has 0 aromatic carbocycles. The number of hydrogen-bond donors (Lipinski definition) is 4. The van der Waals surface area contributed by atoms with Gasteiger partial charge in [-0.25, -0.2) is 0 Å². The zero-order valence-electron chi connectivity index (χ0n) is 25.1. The van der Waals surface area contributed by atoms with Gasteiger partial charge < -0.3 is 20.6 Å². The van der Waals surface area contributed by atoms with E-state index in [4.69, 9.17) is 0 Å². The van der Waals surface area contributed by atoms with Crippen molar-refractivity contribution < 1.29 is 20.1 Å². The van der Waals surface area contributed by atoms with Crippen molar-refractivity contribution in [2.45, 2.75) is 173 Å². The van der Waals surface area contributed by atoms with E-state index in [1.165, 1.54) is 96.3 Å². The van der Waals surface area contributed by atoms with Gasteiger partial charge in [0.25, 0.3) is 0 Å². The normalized spacial score (nSPS) is 14.3. The summed E-state index contributed by atoms with van der Waals surface area (Å²) in [5.74, 6) is -0.517. The molecule has 0 rings (SSSR count). The highest BCUT2D eigenvalue weighted by molar-refractivity contribution is 5.80. The first-order chi connectivity index (χ1) is 18.6. The second-order valence-corrected chi connectivity index (χ2v) is 11.0. The molecule has 38 heavy (non-hydrogen) atoms. The Labute approximate surface area is 235 Å². The maximum Gasteiger partial charge on any atom is 0.249 e. The highest BCUT2D eigenvalue weighted by Crippen LogP contribution is 2.13. The van der Waals surface area contributed by atoms with Gasteiger partial charge in [-0.3, -0.25) is 4.79 Å². The minimum atomic E-state index is -1.10. The second kappa shape index (κ2) is 28.8. The summed E-state index contributed by atoms with van der Waals surface area (Å²) in [7, 11) is 0. The van der Waals surface area contributed by atoms with Crippen LogP contribution in [-0.4, -0.2) is 46.1 Å². The fourth-order valence-corrected chi connectivity index (χ4v) is 4.67. The average Bonchev–Trinajstić information content (AvgIpc) is 2.92. The molecule has 0 spiro atoms. The molecule has 0 fully saturated rings. The van der Waals surface area contributed by atoms with Gasteiger partial charge in [0.15, 0.2) is 0 Å². The molecule has 0 unspecified atom stereocenters. The van der Waals surface area contributed by atoms with Crippen molar-refractivity contribution in [3.63, 3.8) is 0 Å². The minimum absolute atomic E-state index is 0.374. The smallest absolute Gasteiger partial charge is 0.249 e. The van der Waals surface area contributed by atoms with E-state index in [2.05, 4.69) is 31.3 Å². The molecule has 0 radical (unpaired) electrons. The number of amides is 1. The molecule has 224 valence electrons. The molecule has 0 heterocycles. The number of aliphatic hydroxyl groups is 3. The van der Waals surface area contributed by atoms with Crippen LogP contribution in [-0.2, 0) is 4.79 Å². The van der Waals surface area contributed by atoms with Crippen LogP contribution in [0.25, 0.3) is 0 Å². The Morgan fingerprint density at radius 3 is 1.61 bits per heavy atom. The maximum absolute atomic E-state index is 12.3. The van der Waals surface area contributed by atoms with Crippen LogP contribution in [0.1, 0.15) is 155 Å². The van der Waals surface area contributed by atoms with Crippen molar-refractivity contribution in [3.8, 4) is 0 Å². The molecule has 0 saturated heterocycles. The van der Waals surface area contributed by atoms with Crippen molar-refractivity contribution in [1.29, 1.82) is 0 Å². The van der Waals surface area contributed by atoms with E-state index in [0.717, 1.165) is 38.5 Å². The molecular weight excluding hydrogens is 474 g/mol. The molecule has 5 nitrogen and oxygen atoms in total. The Hall–Kier alpha value is -1.17. The second-order valence-electron chi connectivity index (χ2n) is 11.0. The molecule has 1 amide bonds. The predicted molar refractivity (Wildman–Crippen MR) is 162 cm³/mol. The van der Waals surface area contributed by atoms with Crippen molar-refractivity contribution >= 4 is 5.91 Å². The van der Waals surface area contributed by atoms with Gasteiger partial charge in [0.1, 0.15) is 6.10 Å². The van der Waals surface area contributed by atoms with Gasteiger partial charge >= 0.3 is 0 Å². The van der Waals surface area contributed by atoms with Gasteiger partial charge in [-0.15, -0.1) is 0 Å². The van der Waals surface area contributed by atoms with E-state index in [9.17, 15) is 20.1 Å². The number of carbonyl (C=O) groups is 1. The van der Waals surface area contributed by atoms with Crippen molar-refractivity contribution in [1.82, 2.24) is 5.32 Å². The summed E-state index contributed by atoms with van der Waals surface area (Å²) in [6.45, 7) is 4.11. The van der Waals surface area contributed by atoms with E-state index in [-0.39, 0.29) is 6.61 Å². The van der Waals surface area contributed by atoms with E-state index < -0.39 is 24.2 Å². The summed E-state index contributed by atoms with van der Waals surface area (Å²) < 4.78 is 0. The van der Waals surface area contributed by atoms with Crippen LogP contribution in [0.2, 0.25) is 0 Å². The summed E-state index contributed by atoms with van der Waals surface area (Å²) in [4.78, 5) is 12.3. The van der Waals surface area contributed by atoms with Crippen molar-refractivity contribution in [2.24, 2.45) is 0 Å². The van der Waals surface area contributed by atoms with E-state index in [1.807, 2.05) is 6.08 Å². The van der Waals surface area contributed by atoms with E-state index in [0.29, 0.717) is 6.42 Å². The van der Waals surface area contributed by atoms with Crippen LogP contribution >= 0.6 is 0 Å². The standard InChI is InChI=1S/C33H63NO4/c1-3-5-7-9-11-13-15-16-18-19-21-23-25-27-31(36)30(29-35)34-33(38)32(37)28-26-24-22-20-17-14-12-10-8-6-4-2/h18-19,25,27,30-32,35-37H,3-17,20-24,26,28-29H2,1-2H3,(H,34,38)/b19-18+,27-25+/t30-,31+,32-/m0/s1. The molecule has 0 bridgehead atoms. The Morgan fingerprint density at radius 2 is 1.08 bits per heavy atom. The van der Waals surface area contributed by atoms with Gasteiger partial charge in [-0.1, -0.05) is 147 Å². The van der Waals surface area contributed by atoms with Crippen LogP contribution in [0.15, 0.2) is 24.3 Å². The first kappa shape index (κ1) is 36.8. The zero-order chi connectivity index (χ0) is 28.1. The lowest BCUT2D eigenvalue weighted by atomic mass is 10.0. The van der Waals surface area contributed by atoms with Crippen LogP contribution in [0.4, 0.5) is 0 Å². The molecule has 0 aliphatic carbocycles. The van der Waals surface area contributed by atoms with E-state index >= 15 is 0 Å². The number of rotatable bonds is 28. The third-order valence-corrected chi connectivity index (χ3v) is 7.29. The lowest BCUT2D eigenvalue weighted by Crippen LogP contribution is -2.48. The third-order valence-electron chi connectivity index (χ3n) is 7.29. The van der Waals surface area contributed by atoms with Gasteiger partial charge in [0.2, 0.25) is 5.91 Å². The molecule has 3 atom stereocenters. The van der Waals surface area contributed by atoms with Gasteiger partial charge in [-0.2, -0.15) is 0 Å². The van der Waals surface area contributed by atoms with Crippen LogP contribution in [0.3, 0.4) is 0 Å². The Bertz CT molecular complexity index is 563. The number of hydrogen-bond acceptors (Lipinski definition) is 4. The van der Waals surface area contributed by atoms with Gasteiger partial charge in [0.05, 0.1) is 18.8 Å².